The van der Waals surface area contributed by atoms with Crippen LogP contribution in [0.2, 0.25) is 0 Å². The first-order valence-electron chi connectivity index (χ1n) is 9.95. The lowest BCUT2D eigenvalue weighted by Crippen LogP contribution is -2.38. The standard InChI is InChI=1S/C21H24N6O2S/c22-17-4-2-1-3-15(17)13-23-12-14-6-9-27(10-7-14)20-24-8-5-16(25-20)11-18-19(28)26-21(29)30-18/h1-5,8,11,14,23H,6-7,9-10,12-13,22H2,(H,26,28,29). The summed E-state index contributed by atoms with van der Waals surface area (Å²) in [7, 11) is 0. The third-order valence-electron chi connectivity index (χ3n) is 5.29. The van der Waals surface area contributed by atoms with E-state index in [2.05, 4.69) is 25.5 Å². The third kappa shape index (κ3) is 4.98. The molecule has 0 saturated carbocycles. The van der Waals surface area contributed by atoms with Crippen LogP contribution in [0.15, 0.2) is 41.4 Å². The zero-order valence-electron chi connectivity index (χ0n) is 16.5. The number of carbonyl (C=O) groups excluding carboxylic acids is 2. The van der Waals surface area contributed by atoms with Crippen LogP contribution in [0.5, 0.6) is 0 Å². The Balaban J connectivity index is 1.29. The number of rotatable bonds is 6. The van der Waals surface area contributed by atoms with E-state index in [0.29, 0.717) is 22.5 Å². The minimum absolute atomic E-state index is 0.355. The molecule has 0 radical (unpaired) electrons. The van der Waals surface area contributed by atoms with Gasteiger partial charge in [-0.2, -0.15) is 0 Å². The summed E-state index contributed by atoms with van der Waals surface area (Å²) in [6, 6.07) is 9.66. The number of hydrogen-bond donors (Lipinski definition) is 3. The van der Waals surface area contributed by atoms with E-state index >= 15 is 0 Å². The van der Waals surface area contributed by atoms with Crippen molar-refractivity contribution >= 4 is 40.6 Å². The minimum atomic E-state index is -0.379. The van der Waals surface area contributed by atoms with Gasteiger partial charge in [-0.05, 0) is 60.8 Å². The van der Waals surface area contributed by atoms with Gasteiger partial charge in [0, 0.05) is 31.5 Å². The van der Waals surface area contributed by atoms with Gasteiger partial charge in [-0.1, -0.05) is 18.2 Å². The lowest BCUT2D eigenvalue weighted by molar-refractivity contribution is -0.115. The van der Waals surface area contributed by atoms with Crippen molar-refractivity contribution in [1.82, 2.24) is 20.6 Å². The maximum absolute atomic E-state index is 11.7. The molecule has 0 unspecified atom stereocenters. The summed E-state index contributed by atoms with van der Waals surface area (Å²) in [6.07, 6.45) is 5.42. The van der Waals surface area contributed by atoms with Crippen LogP contribution in [0.1, 0.15) is 24.1 Å². The first-order valence-corrected chi connectivity index (χ1v) is 10.8. The number of piperidine rings is 1. The fraction of sp³-hybridized carbons (Fsp3) is 0.333. The topological polar surface area (TPSA) is 113 Å². The summed E-state index contributed by atoms with van der Waals surface area (Å²) in [4.78, 5) is 34.5. The van der Waals surface area contributed by atoms with Gasteiger partial charge in [0.15, 0.2) is 0 Å². The average molecular weight is 425 g/mol. The molecule has 2 aromatic rings. The van der Waals surface area contributed by atoms with Crippen LogP contribution < -0.4 is 21.3 Å². The highest BCUT2D eigenvalue weighted by atomic mass is 32.2. The van der Waals surface area contributed by atoms with Crippen molar-refractivity contribution in [3.63, 3.8) is 0 Å². The fourth-order valence-corrected chi connectivity index (χ4v) is 4.26. The summed E-state index contributed by atoms with van der Waals surface area (Å²) in [5.74, 6) is 0.874. The Hall–Kier alpha value is -2.91. The van der Waals surface area contributed by atoms with Gasteiger partial charge in [-0.25, -0.2) is 9.97 Å². The number of anilines is 2. The van der Waals surface area contributed by atoms with Crippen LogP contribution >= 0.6 is 11.8 Å². The van der Waals surface area contributed by atoms with Crippen LogP contribution in [0.3, 0.4) is 0 Å². The van der Waals surface area contributed by atoms with Crippen LogP contribution in [-0.4, -0.2) is 40.7 Å². The molecule has 1 aromatic heterocycles. The number of carbonyl (C=O) groups is 2. The molecule has 2 aliphatic heterocycles. The van der Waals surface area contributed by atoms with E-state index in [4.69, 9.17) is 5.73 Å². The molecule has 9 heteroatoms. The Labute approximate surface area is 179 Å². The number of imide groups is 1. The van der Waals surface area contributed by atoms with Gasteiger partial charge in [-0.15, -0.1) is 0 Å². The Morgan fingerprint density at radius 1 is 1.23 bits per heavy atom. The van der Waals surface area contributed by atoms with Gasteiger partial charge in [-0.3, -0.25) is 14.9 Å². The Bertz CT molecular complexity index is 971. The minimum Gasteiger partial charge on any atom is -0.398 e. The number of thioether (sulfide) groups is 1. The van der Waals surface area contributed by atoms with E-state index in [0.717, 1.165) is 62.0 Å². The monoisotopic (exact) mass is 424 g/mol. The largest absolute Gasteiger partial charge is 0.398 e. The number of nitrogens with zero attached hydrogens (tertiary/aromatic N) is 3. The number of para-hydroxylation sites is 1. The van der Waals surface area contributed by atoms with E-state index in [1.165, 1.54) is 0 Å². The van der Waals surface area contributed by atoms with Crippen molar-refractivity contribution < 1.29 is 9.59 Å². The molecule has 4 rings (SSSR count). The number of aromatic nitrogens is 2. The highest BCUT2D eigenvalue weighted by Crippen LogP contribution is 2.26. The van der Waals surface area contributed by atoms with Crippen LogP contribution in [-0.2, 0) is 11.3 Å². The molecule has 0 aliphatic carbocycles. The zero-order chi connectivity index (χ0) is 20.9. The summed E-state index contributed by atoms with van der Waals surface area (Å²) in [6.45, 7) is 3.50. The molecule has 30 heavy (non-hydrogen) atoms. The predicted octanol–water partition coefficient (Wildman–Crippen LogP) is 2.39. The number of amides is 2. The predicted molar refractivity (Wildman–Crippen MR) is 119 cm³/mol. The first-order chi connectivity index (χ1) is 14.6. The van der Waals surface area contributed by atoms with E-state index < -0.39 is 0 Å². The number of nitrogens with one attached hydrogen (secondary N) is 2. The van der Waals surface area contributed by atoms with Gasteiger partial charge in [0.2, 0.25) is 5.95 Å². The molecule has 4 N–H and O–H groups in total. The summed E-state index contributed by atoms with van der Waals surface area (Å²) >= 11 is 0.890. The molecular formula is C21H24N6O2S. The Morgan fingerprint density at radius 2 is 2.03 bits per heavy atom. The molecule has 8 nitrogen and oxygen atoms in total. The molecule has 2 amide bonds. The van der Waals surface area contributed by atoms with Crippen molar-refractivity contribution in [2.24, 2.45) is 5.92 Å². The molecule has 0 bridgehead atoms. The van der Waals surface area contributed by atoms with Gasteiger partial charge in [0.25, 0.3) is 11.1 Å². The molecule has 2 saturated heterocycles. The lowest BCUT2D eigenvalue weighted by Gasteiger charge is -2.32. The van der Waals surface area contributed by atoms with Crippen molar-refractivity contribution in [3.05, 3.63) is 52.7 Å². The first kappa shape index (κ1) is 20.4. The smallest absolute Gasteiger partial charge is 0.290 e. The molecule has 3 heterocycles. The normalized spacial score (nSPS) is 18.8. The van der Waals surface area contributed by atoms with Crippen molar-refractivity contribution in [2.75, 3.05) is 30.3 Å². The molecule has 0 atom stereocenters. The zero-order valence-corrected chi connectivity index (χ0v) is 17.3. The Kier molecular flexibility index (Phi) is 6.29. The molecule has 2 aliphatic rings. The molecule has 1 aromatic carbocycles. The SMILES string of the molecule is Nc1ccccc1CNCC1CCN(c2nccc(C=C3SC(=O)NC3=O)n2)CC1. The van der Waals surface area contributed by atoms with E-state index in [1.807, 2.05) is 24.3 Å². The van der Waals surface area contributed by atoms with Gasteiger partial charge < -0.3 is 16.0 Å². The van der Waals surface area contributed by atoms with Gasteiger partial charge in [0.05, 0.1) is 10.6 Å². The van der Waals surface area contributed by atoms with E-state index in [1.54, 1.807) is 18.3 Å². The van der Waals surface area contributed by atoms with Crippen molar-refractivity contribution in [1.29, 1.82) is 0 Å². The molecule has 156 valence electrons. The fourth-order valence-electron chi connectivity index (χ4n) is 3.59. The quantitative estimate of drug-likeness (QED) is 0.479. The molecule has 2 fully saturated rings. The van der Waals surface area contributed by atoms with E-state index in [-0.39, 0.29) is 11.1 Å². The average Bonchev–Trinajstić information content (AvgIpc) is 3.07. The summed E-state index contributed by atoms with van der Waals surface area (Å²) in [5.41, 5.74) is 8.57. The molecule has 0 spiro atoms. The lowest BCUT2D eigenvalue weighted by atomic mass is 9.97. The number of nitrogen functional groups attached to an aromatic ring is 1. The maximum atomic E-state index is 11.7. The molecular weight excluding hydrogens is 400 g/mol. The van der Waals surface area contributed by atoms with Crippen LogP contribution in [0.25, 0.3) is 6.08 Å². The second-order valence-electron chi connectivity index (χ2n) is 7.39. The highest BCUT2D eigenvalue weighted by molar-refractivity contribution is 8.18. The van der Waals surface area contributed by atoms with Crippen LogP contribution in [0.4, 0.5) is 16.4 Å². The maximum Gasteiger partial charge on any atom is 0.290 e. The van der Waals surface area contributed by atoms with E-state index in [9.17, 15) is 9.59 Å². The third-order valence-corrected chi connectivity index (χ3v) is 6.10. The second-order valence-corrected chi connectivity index (χ2v) is 8.41. The van der Waals surface area contributed by atoms with Crippen molar-refractivity contribution in [2.45, 2.75) is 19.4 Å². The number of benzene rings is 1. The Morgan fingerprint density at radius 3 is 2.77 bits per heavy atom. The number of nitrogens with two attached hydrogens (primary N) is 1. The van der Waals surface area contributed by atoms with Crippen LogP contribution in [0, 0.1) is 5.92 Å². The summed E-state index contributed by atoms with van der Waals surface area (Å²) < 4.78 is 0. The number of hydrogen-bond acceptors (Lipinski definition) is 8. The van der Waals surface area contributed by atoms with Gasteiger partial charge >= 0.3 is 0 Å². The summed E-state index contributed by atoms with van der Waals surface area (Å²) in [5, 5.41) is 5.41. The highest BCUT2D eigenvalue weighted by Gasteiger charge is 2.25. The van der Waals surface area contributed by atoms with Crippen molar-refractivity contribution in [3.8, 4) is 0 Å². The van der Waals surface area contributed by atoms with Gasteiger partial charge in [0.1, 0.15) is 0 Å². The second kappa shape index (κ2) is 9.27.